The van der Waals surface area contributed by atoms with Gasteiger partial charge < -0.3 is 34.5 Å². The largest absolute Gasteiger partial charge is 0.492 e. The van der Waals surface area contributed by atoms with Gasteiger partial charge in [0.15, 0.2) is 12.4 Å². The first-order valence-corrected chi connectivity index (χ1v) is 11.6. The van der Waals surface area contributed by atoms with Gasteiger partial charge in [-0.3, -0.25) is 4.79 Å². The number of nitrogens with zero attached hydrogens (tertiary/aromatic N) is 6. The van der Waals surface area contributed by atoms with E-state index in [9.17, 15) is 18.0 Å². The van der Waals surface area contributed by atoms with Crippen LogP contribution in [0.2, 0.25) is 0 Å². The molecule has 0 aromatic carbocycles. The molecule has 1 amide bonds. The van der Waals surface area contributed by atoms with Crippen molar-refractivity contribution in [2.45, 2.75) is 19.5 Å². The highest BCUT2D eigenvalue weighted by Crippen LogP contribution is 2.34. The van der Waals surface area contributed by atoms with E-state index in [1.54, 1.807) is 17.9 Å². The first-order chi connectivity index (χ1) is 17.2. The van der Waals surface area contributed by atoms with Crippen LogP contribution in [0.5, 0.6) is 0 Å². The van der Waals surface area contributed by atoms with E-state index in [0.29, 0.717) is 37.1 Å². The molecule has 0 radical (unpaired) electrons. The molecular weight excluding hydrogens is 481 g/mol. The highest BCUT2D eigenvalue weighted by atomic mass is 19.4. The average Bonchev–Trinajstić information content (AvgIpc) is 3.06. The van der Waals surface area contributed by atoms with Crippen LogP contribution in [0.25, 0.3) is 0 Å². The molecule has 0 bridgehead atoms. The molecule has 1 saturated heterocycles. The van der Waals surface area contributed by atoms with E-state index in [-0.39, 0.29) is 30.8 Å². The molecule has 2 aromatic rings. The molecule has 4 rings (SSSR count). The van der Waals surface area contributed by atoms with Crippen molar-refractivity contribution in [3.05, 3.63) is 29.9 Å². The Bertz CT molecular complexity index is 1080. The molecule has 2 aromatic heterocycles. The maximum Gasteiger partial charge on any atom is 0.421 e. The fourth-order valence-corrected chi connectivity index (χ4v) is 3.77. The smallest absolute Gasteiger partial charge is 0.421 e. The molecule has 0 saturated carbocycles. The molecule has 14 heteroatoms. The molecule has 2 N–H and O–H groups in total. The van der Waals surface area contributed by atoms with E-state index in [1.807, 2.05) is 11.9 Å². The quantitative estimate of drug-likeness (QED) is 0.514. The Labute approximate surface area is 206 Å². The van der Waals surface area contributed by atoms with Gasteiger partial charge in [-0.1, -0.05) is 0 Å². The zero-order valence-corrected chi connectivity index (χ0v) is 20.1. The summed E-state index contributed by atoms with van der Waals surface area (Å²) in [4.78, 5) is 30.1. The summed E-state index contributed by atoms with van der Waals surface area (Å²) in [5, 5.41) is 5.61. The number of anilines is 4. The summed E-state index contributed by atoms with van der Waals surface area (Å²) in [6, 6.07) is 0.441. The highest BCUT2D eigenvalue weighted by molar-refractivity contribution is 5.77. The summed E-state index contributed by atoms with van der Waals surface area (Å²) < 4.78 is 51.4. The second-order valence-electron chi connectivity index (χ2n) is 8.57. The number of aromatic nitrogens is 3. The first kappa shape index (κ1) is 25.5. The standard InChI is InChI=1S/C22H29F3N8O3/c1-15-18(30-21(36-15)33-10-8-31(2)9-11-33)28-20-27-13-16(22(23,24)25)19(29-20)26-5-3-6-32-7-4-12-35-14-17(32)34/h4,12-13H,3,5-11,14H2,1-2H3,(H2,26,27,28,29). The summed E-state index contributed by atoms with van der Waals surface area (Å²) >= 11 is 0. The van der Waals surface area contributed by atoms with Gasteiger partial charge in [0, 0.05) is 52.0 Å². The lowest BCUT2D eigenvalue weighted by molar-refractivity contribution is -0.137. The number of likely N-dealkylation sites (N-methyl/N-ethyl adjacent to an activating group) is 1. The summed E-state index contributed by atoms with van der Waals surface area (Å²) in [6.07, 6.45) is -0.313. The third-order valence-corrected chi connectivity index (χ3v) is 5.86. The van der Waals surface area contributed by atoms with Crippen molar-refractivity contribution in [2.24, 2.45) is 0 Å². The van der Waals surface area contributed by atoms with Crippen LogP contribution in [0.3, 0.4) is 0 Å². The minimum Gasteiger partial charge on any atom is -0.492 e. The molecule has 0 unspecified atom stereocenters. The number of amides is 1. The summed E-state index contributed by atoms with van der Waals surface area (Å²) in [6.45, 7) is 5.84. The lowest BCUT2D eigenvalue weighted by Gasteiger charge is -2.31. The Morgan fingerprint density at radius 1 is 1.14 bits per heavy atom. The van der Waals surface area contributed by atoms with E-state index >= 15 is 0 Å². The van der Waals surface area contributed by atoms with Crippen molar-refractivity contribution in [3.63, 3.8) is 0 Å². The zero-order chi connectivity index (χ0) is 25.7. The number of hydrogen-bond acceptors (Lipinski definition) is 10. The Morgan fingerprint density at radius 2 is 1.92 bits per heavy atom. The monoisotopic (exact) mass is 510 g/mol. The SMILES string of the molecule is Cc1oc(N2CCN(C)CC2)nc1Nc1ncc(C(F)(F)F)c(NCCCN2CC=COCC2=O)n1. The van der Waals surface area contributed by atoms with Crippen LogP contribution in [0.1, 0.15) is 17.7 Å². The zero-order valence-electron chi connectivity index (χ0n) is 20.1. The predicted molar refractivity (Wildman–Crippen MR) is 126 cm³/mol. The Morgan fingerprint density at radius 3 is 2.67 bits per heavy atom. The van der Waals surface area contributed by atoms with Crippen molar-refractivity contribution in [1.29, 1.82) is 0 Å². The van der Waals surface area contributed by atoms with Crippen molar-refractivity contribution >= 4 is 29.5 Å². The average molecular weight is 511 g/mol. The van der Waals surface area contributed by atoms with Crippen LogP contribution in [-0.2, 0) is 15.7 Å². The molecule has 2 aliphatic rings. The number of rotatable bonds is 8. The van der Waals surface area contributed by atoms with Crippen molar-refractivity contribution in [2.75, 3.05) is 75.0 Å². The van der Waals surface area contributed by atoms with Gasteiger partial charge in [0.1, 0.15) is 17.1 Å². The number of carbonyl (C=O) groups excluding carboxylic acids is 1. The number of oxazole rings is 1. The van der Waals surface area contributed by atoms with Gasteiger partial charge >= 0.3 is 6.18 Å². The first-order valence-electron chi connectivity index (χ1n) is 11.6. The predicted octanol–water partition coefficient (Wildman–Crippen LogP) is 2.46. The second kappa shape index (κ2) is 11.0. The number of nitrogens with one attached hydrogen (secondary N) is 2. The Kier molecular flexibility index (Phi) is 7.82. The Hall–Kier alpha value is -3.55. The number of hydrogen-bond donors (Lipinski definition) is 2. The van der Waals surface area contributed by atoms with Gasteiger partial charge in [0.25, 0.3) is 11.9 Å². The maximum absolute atomic E-state index is 13.6. The molecule has 1 fully saturated rings. The molecule has 0 atom stereocenters. The van der Waals surface area contributed by atoms with E-state index in [4.69, 9.17) is 9.15 Å². The van der Waals surface area contributed by atoms with Gasteiger partial charge in [-0.2, -0.15) is 23.1 Å². The van der Waals surface area contributed by atoms with Gasteiger partial charge in [-0.15, -0.1) is 0 Å². The Balaban J connectivity index is 1.42. The molecule has 2 aliphatic heterocycles. The van der Waals surface area contributed by atoms with Crippen LogP contribution in [0.4, 0.5) is 36.8 Å². The number of carbonyl (C=O) groups is 1. The lowest BCUT2D eigenvalue weighted by Crippen LogP contribution is -2.44. The normalized spacial score (nSPS) is 17.2. The molecule has 11 nitrogen and oxygen atoms in total. The van der Waals surface area contributed by atoms with E-state index in [0.717, 1.165) is 32.4 Å². The van der Waals surface area contributed by atoms with Gasteiger partial charge in [0.2, 0.25) is 5.95 Å². The third-order valence-electron chi connectivity index (χ3n) is 5.86. The fourth-order valence-electron chi connectivity index (χ4n) is 3.77. The van der Waals surface area contributed by atoms with E-state index < -0.39 is 11.7 Å². The molecule has 196 valence electrons. The van der Waals surface area contributed by atoms with E-state index in [1.165, 1.54) is 6.26 Å². The minimum absolute atomic E-state index is 0.0446. The summed E-state index contributed by atoms with van der Waals surface area (Å²) in [7, 11) is 2.04. The molecule has 36 heavy (non-hydrogen) atoms. The number of aryl methyl sites for hydroxylation is 1. The van der Waals surface area contributed by atoms with Crippen molar-refractivity contribution < 1.29 is 27.1 Å². The maximum atomic E-state index is 13.6. The van der Waals surface area contributed by atoms with Crippen molar-refractivity contribution in [3.8, 4) is 0 Å². The lowest BCUT2D eigenvalue weighted by atomic mass is 10.3. The molecular formula is C22H29F3N8O3. The minimum atomic E-state index is -4.64. The number of piperazine rings is 1. The van der Waals surface area contributed by atoms with Gasteiger partial charge in [-0.05, 0) is 26.5 Å². The fraction of sp³-hybridized carbons (Fsp3) is 0.545. The van der Waals surface area contributed by atoms with Crippen LogP contribution >= 0.6 is 0 Å². The van der Waals surface area contributed by atoms with Crippen molar-refractivity contribution in [1.82, 2.24) is 24.8 Å². The molecule has 0 spiro atoms. The van der Waals surface area contributed by atoms with Crippen LogP contribution in [0.15, 0.2) is 23.0 Å². The number of ether oxygens (including phenoxy) is 1. The summed E-state index contributed by atoms with van der Waals surface area (Å²) in [5.74, 6) is 0.234. The third kappa shape index (κ3) is 6.36. The van der Waals surface area contributed by atoms with Crippen LogP contribution in [0, 0.1) is 6.92 Å². The van der Waals surface area contributed by atoms with Gasteiger partial charge in [-0.25, -0.2) is 4.98 Å². The number of halogens is 3. The van der Waals surface area contributed by atoms with E-state index in [2.05, 4.69) is 30.5 Å². The highest BCUT2D eigenvalue weighted by Gasteiger charge is 2.35. The molecule has 0 aliphatic carbocycles. The molecule has 4 heterocycles. The summed E-state index contributed by atoms with van der Waals surface area (Å²) in [5.41, 5.74) is -0.981. The number of alkyl halides is 3. The van der Waals surface area contributed by atoms with Crippen LogP contribution < -0.4 is 15.5 Å². The van der Waals surface area contributed by atoms with Crippen LogP contribution in [-0.4, -0.2) is 90.1 Å². The van der Waals surface area contributed by atoms with Gasteiger partial charge in [0.05, 0.1) is 6.26 Å². The topological polar surface area (TPSA) is 112 Å². The second-order valence-corrected chi connectivity index (χ2v) is 8.57.